The van der Waals surface area contributed by atoms with Crippen LogP contribution in [0.4, 0.5) is 0 Å². The van der Waals surface area contributed by atoms with Crippen LogP contribution in [0, 0.1) is 11.8 Å². The molecule has 0 N–H and O–H groups in total. The Morgan fingerprint density at radius 1 is 0.611 bits per heavy atom. The van der Waals surface area contributed by atoms with E-state index in [-0.39, 0.29) is 5.38 Å². The van der Waals surface area contributed by atoms with Crippen LogP contribution in [0.2, 0.25) is 0 Å². The van der Waals surface area contributed by atoms with Crippen molar-refractivity contribution in [2.75, 3.05) is 13.2 Å². The lowest BCUT2D eigenvalue weighted by atomic mass is 9.97. The number of benzene rings is 2. The minimum absolute atomic E-state index is 0.0416. The van der Waals surface area contributed by atoms with Crippen molar-refractivity contribution < 1.29 is 9.47 Å². The Morgan fingerprint density at radius 3 is 1.64 bits per heavy atom. The molecule has 3 heteroatoms. The van der Waals surface area contributed by atoms with Crippen molar-refractivity contribution in [3.8, 4) is 22.6 Å². The highest BCUT2D eigenvalue weighted by Crippen LogP contribution is 2.26. The van der Waals surface area contributed by atoms with E-state index >= 15 is 0 Å². The first-order chi connectivity index (χ1) is 17.5. The highest BCUT2D eigenvalue weighted by Gasteiger charge is 2.15. The lowest BCUT2D eigenvalue weighted by molar-refractivity contribution is 0.280. The van der Waals surface area contributed by atoms with E-state index in [1.807, 2.05) is 12.1 Å². The molecule has 0 bridgehead atoms. The van der Waals surface area contributed by atoms with Gasteiger partial charge in [-0.3, -0.25) is 0 Å². The molecule has 0 saturated carbocycles. The number of unbranched alkanes of at least 4 members (excludes halogenated alkanes) is 8. The van der Waals surface area contributed by atoms with Gasteiger partial charge >= 0.3 is 0 Å². The van der Waals surface area contributed by atoms with Gasteiger partial charge in [0.2, 0.25) is 0 Å². The van der Waals surface area contributed by atoms with Crippen LogP contribution in [0.5, 0.6) is 11.5 Å². The summed E-state index contributed by atoms with van der Waals surface area (Å²) in [5, 5.41) is 0.0416. The van der Waals surface area contributed by atoms with Crippen LogP contribution in [0.15, 0.2) is 48.5 Å². The molecule has 2 atom stereocenters. The van der Waals surface area contributed by atoms with Crippen LogP contribution in [0.25, 0.3) is 11.1 Å². The highest BCUT2D eigenvalue weighted by atomic mass is 35.5. The monoisotopic (exact) mass is 514 g/mol. The minimum atomic E-state index is 0.0416. The maximum Gasteiger partial charge on any atom is 0.119 e. The molecule has 0 saturated heterocycles. The topological polar surface area (TPSA) is 18.5 Å². The molecule has 2 rings (SSSR count). The van der Waals surface area contributed by atoms with Gasteiger partial charge in [0.25, 0.3) is 0 Å². The van der Waals surface area contributed by atoms with E-state index in [1.54, 1.807) is 0 Å². The van der Waals surface area contributed by atoms with Gasteiger partial charge in [-0.25, -0.2) is 0 Å². The average molecular weight is 515 g/mol. The quantitative estimate of drug-likeness (QED) is 0.129. The molecule has 36 heavy (non-hydrogen) atoms. The molecule has 2 nitrogen and oxygen atoms in total. The fourth-order valence-corrected chi connectivity index (χ4v) is 4.65. The van der Waals surface area contributed by atoms with Gasteiger partial charge in [0, 0.05) is 0 Å². The molecule has 0 aliphatic carbocycles. The molecule has 2 aromatic rings. The second-order valence-corrected chi connectivity index (χ2v) is 11.4. The van der Waals surface area contributed by atoms with E-state index in [0.29, 0.717) is 12.5 Å². The van der Waals surface area contributed by atoms with E-state index in [2.05, 4.69) is 64.1 Å². The first kappa shape index (κ1) is 30.6. The first-order valence-corrected chi connectivity index (χ1v) is 15.0. The molecule has 0 heterocycles. The predicted octanol–water partition coefficient (Wildman–Crippen LogP) is 10.7. The lowest BCUT2D eigenvalue weighted by Crippen LogP contribution is -2.20. The fourth-order valence-electron chi connectivity index (χ4n) is 4.46. The number of rotatable bonds is 20. The summed E-state index contributed by atoms with van der Waals surface area (Å²) in [5.74, 6) is 3.05. The number of halogens is 1. The maximum atomic E-state index is 6.59. The molecule has 0 amide bonds. The van der Waals surface area contributed by atoms with Crippen molar-refractivity contribution in [2.45, 2.75) is 110 Å². The summed E-state index contributed by atoms with van der Waals surface area (Å²) in [6.45, 7) is 10.4. The summed E-state index contributed by atoms with van der Waals surface area (Å²) in [6, 6.07) is 16.7. The average Bonchev–Trinajstić information content (AvgIpc) is 2.88. The van der Waals surface area contributed by atoms with E-state index < -0.39 is 0 Å². The van der Waals surface area contributed by atoms with Crippen LogP contribution < -0.4 is 9.47 Å². The fraction of sp³-hybridized carbons (Fsp3) is 0.636. The van der Waals surface area contributed by atoms with Crippen molar-refractivity contribution >= 4 is 11.6 Å². The van der Waals surface area contributed by atoms with Crippen LogP contribution >= 0.6 is 11.6 Å². The Kier molecular flexibility index (Phi) is 15.7. The summed E-state index contributed by atoms with van der Waals surface area (Å²) < 4.78 is 11.9. The van der Waals surface area contributed by atoms with Gasteiger partial charge in [-0.15, -0.1) is 11.6 Å². The third-order valence-electron chi connectivity index (χ3n) is 7.03. The zero-order chi connectivity index (χ0) is 26.0. The number of alkyl halides is 1. The van der Waals surface area contributed by atoms with Gasteiger partial charge in [0.1, 0.15) is 18.1 Å². The molecule has 0 aliphatic rings. The molecular formula is C33H51ClO2. The Labute approximate surface area is 227 Å². The largest absolute Gasteiger partial charge is 0.494 e. The molecule has 0 fully saturated rings. The molecule has 2 aromatic carbocycles. The van der Waals surface area contributed by atoms with E-state index in [9.17, 15) is 0 Å². The van der Waals surface area contributed by atoms with E-state index in [1.165, 1.54) is 75.3 Å². The van der Waals surface area contributed by atoms with Crippen molar-refractivity contribution in [1.29, 1.82) is 0 Å². The highest BCUT2D eigenvalue weighted by molar-refractivity contribution is 6.20. The summed E-state index contributed by atoms with van der Waals surface area (Å²) in [4.78, 5) is 0. The first-order valence-electron chi connectivity index (χ1n) is 14.6. The van der Waals surface area contributed by atoms with Gasteiger partial charge in [-0.1, -0.05) is 116 Å². The summed E-state index contributed by atoms with van der Waals surface area (Å²) in [6.07, 6.45) is 15.7. The smallest absolute Gasteiger partial charge is 0.119 e. The van der Waals surface area contributed by atoms with E-state index in [4.69, 9.17) is 21.1 Å². The molecule has 202 valence electrons. The normalized spacial score (nSPS) is 13.1. The van der Waals surface area contributed by atoms with Gasteiger partial charge in [-0.2, -0.15) is 0 Å². The Balaban J connectivity index is 1.64. The molecule has 0 spiro atoms. The van der Waals surface area contributed by atoms with Crippen LogP contribution in [0.1, 0.15) is 105 Å². The van der Waals surface area contributed by atoms with Gasteiger partial charge in [-0.05, 0) is 60.1 Å². The van der Waals surface area contributed by atoms with Crippen LogP contribution in [0.3, 0.4) is 0 Å². The van der Waals surface area contributed by atoms with E-state index in [0.717, 1.165) is 36.9 Å². The zero-order valence-corrected chi connectivity index (χ0v) is 24.2. The standard InChI is InChI=1S/C33H51ClO2/c1-5-6-7-8-9-10-11-12-13-25-35-31-21-17-29(18-22-31)30-19-23-32(24-20-30)36-26-33(34)28(4)16-14-15-27(2)3/h17-24,27-28,33H,5-16,25-26H2,1-4H3. The predicted molar refractivity (Wildman–Crippen MR) is 158 cm³/mol. The van der Waals surface area contributed by atoms with Crippen LogP contribution in [-0.2, 0) is 0 Å². The maximum absolute atomic E-state index is 6.59. The summed E-state index contributed by atoms with van der Waals surface area (Å²) in [5.41, 5.74) is 2.36. The number of ether oxygens (including phenoxy) is 2. The van der Waals surface area contributed by atoms with Gasteiger partial charge < -0.3 is 9.47 Å². The lowest BCUT2D eigenvalue weighted by Gasteiger charge is -2.19. The van der Waals surface area contributed by atoms with Crippen molar-refractivity contribution in [1.82, 2.24) is 0 Å². The Morgan fingerprint density at radius 2 is 1.11 bits per heavy atom. The molecule has 0 aromatic heterocycles. The third kappa shape index (κ3) is 13.0. The number of hydrogen-bond acceptors (Lipinski definition) is 2. The number of hydrogen-bond donors (Lipinski definition) is 0. The van der Waals surface area contributed by atoms with Gasteiger partial charge in [0.05, 0.1) is 12.0 Å². The zero-order valence-electron chi connectivity index (χ0n) is 23.4. The third-order valence-corrected chi connectivity index (χ3v) is 7.58. The second kappa shape index (κ2) is 18.6. The Hall–Kier alpha value is -1.67. The van der Waals surface area contributed by atoms with Gasteiger partial charge in [0.15, 0.2) is 0 Å². The second-order valence-electron chi connectivity index (χ2n) is 10.9. The molecule has 0 radical (unpaired) electrons. The molecule has 0 aliphatic heterocycles. The van der Waals surface area contributed by atoms with Crippen molar-refractivity contribution in [2.24, 2.45) is 11.8 Å². The minimum Gasteiger partial charge on any atom is -0.494 e. The van der Waals surface area contributed by atoms with Crippen LogP contribution in [-0.4, -0.2) is 18.6 Å². The SMILES string of the molecule is CCCCCCCCCCCOc1ccc(-c2ccc(OCC(Cl)C(C)CCCC(C)C)cc2)cc1. The van der Waals surface area contributed by atoms with Crippen molar-refractivity contribution in [3.05, 3.63) is 48.5 Å². The van der Waals surface area contributed by atoms with Crippen molar-refractivity contribution in [3.63, 3.8) is 0 Å². The summed E-state index contributed by atoms with van der Waals surface area (Å²) in [7, 11) is 0. The summed E-state index contributed by atoms with van der Waals surface area (Å²) >= 11 is 6.59. The Bertz CT molecular complexity index is 784. The molecular weight excluding hydrogens is 464 g/mol. The molecule has 2 unspecified atom stereocenters.